The minimum absolute atomic E-state index is 0.600. The Bertz CT molecular complexity index is 534. The summed E-state index contributed by atoms with van der Waals surface area (Å²) in [4.78, 5) is 10.8. The van der Waals surface area contributed by atoms with Crippen molar-refractivity contribution < 1.29 is 4.74 Å². The lowest BCUT2D eigenvalue weighted by Gasteiger charge is -2.22. The summed E-state index contributed by atoms with van der Waals surface area (Å²) >= 11 is 1.68. The van der Waals surface area contributed by atoms with Crippen LogP contribution in [0.25, 0.3) is 10.2 Å². The Morgan fingerprint density at radius 1 is 1.50 bits per heavy atom. The van der Waals surface area contributed by atoms with E-state index in [2.05, 4.69) is 28.3 Å². The maximum atomic E-state index is 5.89. The Balaban J connectivity index is 1.73. The average molecular weight is 263 g/mol. The van der Waals surface area contributed by atoms with E-state index in [4.69, 9.17) is 4.74 Å². The van der Waals surface area contributed by atoms with E-state index in [1.54, 1.807) is 17.7 Å². The quantitative estimate of drug-likeness (QED) is 0.923. The molecule has 3 heterocycles. The van der Waals surface area contributed by atoms with E-state index in [0.717, 1.165) is 35.8 Å². The van der Waals surface area contributed by atoms with Gasteiger partial charge in [-0.15, -0.1) is 11.3 Å². The van der Waals surface area contributed by atoms with Gasteiger partial charge in [-0.1, -0.05) is 0 Å². The summed E-state index contributed by atoms with van der Waals surface area (Å²) in [5, 5.41) is 4.45. The molecule has 4 nitrogen and oxygen atoms in total. The molecule has 2 aromatic heterocycles. The summed E-state index contributed by atoms with van der Waals surface area (Å²) in [6.07, 6.45) is 4.07. The van der Waals surface area contributed by atoms with Gasteiger partial charge in [0.25, 0.3) is 0 Å². The third-order valence-corrected chi connectivity index (χ3v) is 4.23. The van der Waals surface area contributed by atoms with Crippen molar-refractivity contribution in [1.29, 1.82) is 0 Å². The molecule has 3 rings (SSSR count). The molecule has 0 spiro atoms. The lowest BCUT2D eigenvalue weighted by atomic mass is 10.0. The number of aryl methyl sites for hydroxylation is 1. The number of hydrogen-bond donors (Lipinski definition) is 1. The van der Waals surface area contributed by atoms with Crippen molar-refractivity contribution in [2.75, 3.05) is 19.7 Å². The van der Waals surface area contributed by atoms with Crippen LogP contribution in [0.2, 0.25) is 0 Å². The summed E-state index contributed by atoms with van der Waals surface area (Å²) in [6, 6.07) is 2.11. The van der Waals surface area contributed by atoms with Gasteiger partial charge < -0.3 is 10.1 Å². The first-order valence-corrected chi connectivity index (χ1v) is 7.19. The number of aromatic nitrogens is 2. The molecular weight excluding hydrogens is 246 g/mol. The van der Waals surface area contributed by atoms with Gasteiger partial charge in [0.15, 0.2) is 0 Å². The van der Waals surface area contributed by atoms with Crippen molar-refractivity contribution in [2.45, 2.75) is 19.8 Å². The van der Waals surface area contributed by atoms with Gasteiger partial charge in [-0.2, -0.15) is 0 Å². The van der Waals surface area contributed by atoms with Gasteiger partial charge in [0.05, 0.1) is 12.0 Å². The second-order valence-electron chi connectivity index (χ2n) is 4.78. The highest BCUT2D eigenvalue weighted by Gasteiger charge is 2.15. The minimum atomic E-state index is 0.600. The number of piperidine rings is 1. The Hall–Kier alpha value is -1.20. The third-order valence-electron chi connectivity index (χ3n) is 3.27. The zero-order valence-electron chi connectivity index (χ0n) is 10.5. The Morgan fingerprint density at radius 3 is 3.28 bits per heavy atom. The van der Waals surface area contributed by atoms with E-state index in [-0.39, 0.29) is 0 Å². The van der Waals surface area contributed by atoms with Crippen LogP contribution in [0.4, 0.5) is 0 Å². The van der Waals surface area contributed by atoms with E-state index >= 15 is 0 Å². The molecule has 1 atom stereocenters. The molecule has 0 bridgehead atoms. The fraction of sp³-hybridized carbons (Fsp3) is 0.538. The van der Waals surface area contributed by atoms with Crippen LogP contribution in [-0.2, 0) is 0 Å². The van der Waals surface area contributed by atoms with E-state index in [9.17, 15) is 0 Å². The van der Waals surface area contributed by atoms with Crippen molar-refractivity contribution in [3.63, 3.8) is 0 Å². The van der Waals surface area contributed by atoms with E-state index < -0.39 is 0 Å². The van der Waals surface area contributed by atoms with Crippen molar-refractivity contribution in [3.8, 4) is 5.88 Å². The molecule has 1 fully saturated rings. The fourth-order valence-corrected chi connectivity index (χ4v) is 3.17. The third kappa shape index (κ3) is 2.47. The molecule has 0 aliphatic carbocycles. The lowest BCUT2D eigenvalue weighted by Crippen LogP contribution is -2.33. The van der Waals surface area contributed by atoms with Gasteiger partial charge in [0.1, 0.15) is 11.2 Å². The van der Waals surface area contributed by atoms with Crippen LogP contribution in [0.3, 0.4) is 0 Å². The van der Waals surface area contributed by atoms with Crippen molar-refractivity contribution >= 4 is 21.6 Å². The molecule has 1 N–H and O–H groups in total. The SMILES string of the molecule is Cc1cc2c(OCC3CCCNC3)ncnc2s1. The maximum Gasteiger partial charge on any atom is 0.225 e. The summed E-state index contributed by atoms with van der Waals surface area (Å²) in [7, 11) is 0. The van der Waals surface area contributed by atoms with Crippen LogP contribution < -0.4 is 10.1 Å². The largest absolute Gasteiger partial charge is 0.477 e. The highest BCUT2D eigenvalue weighted by molar-refractivity contribution is 7.18. The molecule has 2 aromatic rings. The smallest absolute Gasteiger partial charge is 0.225 e. The average Bonchev–Trinajstić information content (AvgIpc) is 2.78. The molecule has 0 radical (unpaired) electrons. The molecule has 0 saturated carbocycles. The zero-order chi connectivity index (χ0) is 12.4. The van der Waals surface area contributed by atoms with Gasteiger partial charge in [0.2, 0.25) is 5.88 Å². The number of nitrogens with zero attached hydrogens (tertiary/aromatic N) is 2. The van der Waals surface area contributed by atoms with Crippen LogP contribution in [-0.4, -0.2) is 29.7 Å². The van der Waals surface area contributed by atoms with Crippen molar-refractivity contribution in [1.82, 2.24) is 15.3 Å². The first kappa shape index (κ1) is 11.9. The summed E-state index contributed by atoms with van der Waals surface area (Å²) in [5.41, 5.74) is 0. The van der Waals surface area contributed by atoms with Crippen LogP contribution in [0, 0.1) is 12.8 Å². The Morgan fingerprint density at radius 2 is 2.44 bits per heavy atom. The molecule has 0 aromatic carbocycles. The van der Waals surface area contributed by atoms with Crippen molar-refractivity contribution in [2.24, 2.45) is 5.92 Å². The van der Waals surface area contributed by atoms with Gasteiger partial charge in [-0.3, -0.25) is 0 Å². The summed E-state index contributed by atoms with van der Waals surface area (Å²) < 4.78 is 5.89. The number of fused-ring (bicyclic) bond motifs is 1. The maximum absolute atomic E-state index is 5.89. The van der Waals surface area contributed by atoms with E-state index in [1.807, 2.05) is 0 Å². The topological polar surface area (TPSA) is 47.0 Å². The minimum Gasteiger partial charge on any atom is -0.477 e. The number of nitrogens with one attached hydrogen (secondary N) is 1. The highest BCUT2D eigenvalue weighted by atomic mass is 32.1. The second kappa shape index (κ2) is 5.20. The molecule has 1 unspecified atom stereocenters. The standard InChI is InChI=1S/C13H17N3OS/c1-9-5-11-12(15-8-16-13(11)18-9)17-7-10-3-2-4-14-6-10/h5,8,10,14H,2-4,6-7H2,1H3. The molecule has 1 saturated heterocycles. The van der Waals surface area contributed by atoms with E-state index in [0.29, 0.717) is 5.92 Å². The molecule has 1 aliphatic heterocycles. The predicted molar refractivity (Wildman–Crippen MR) is 73.2 cm³/mol. The fourth-order valence-electron chi connectivity index (χ4n) is 2.33. The molecule has 0 amide bonds. The van der Waals surface area contributed by atoms with Crippen LogP contribution in [0.15, 0.2) is 12.4 Å². The zero-order valence-corrected chi connectivity index (χ0v) is 11.3. The van der Waals surface area contributed by atoms with Crippen LogP contribution in [0.1, 0.15) is 17.7 Å². The van der Waals surface area contributed by atoms with Gasteiger partial charge in [-0.25, -0.2) is 9.97 Å². The van der Waals surface area contributed by atoms with Gasteiger partial charge in [0, 0.05) is 17.3 Å². The first-order chi connectivity index (χ1) is 8.83. The molecular formula is C13H17N3OS. The van der Waals surface area contributed by atoms with E-state index in [1.165, 1.54) is 17.7 Å². The second-order valence-corrected chi connectivity index (χ2v) is 6.01. The number of hydrogen-bond acceptors (Lipinski definition) is 5. The Kier molecular flexibility index (Phi) is 3.43. The van der Waals surface area contributed by atoms with Gasteiger partial charge >= 0.3 is 0 Å². The van der Waals surface area contributed by atoms with Crippen molar-refractivity contribution in [3.05, 3.63) is 17.3 Å². The summed E-state index contributed by atoms with van der Waals surface area (Å²) in [6.45, 7) is 5.02. The Labute approximate surface area is 110 Å². The van der Waals surface area contributed by atoms with Crippen LogP contribution >= 0.6 is 11.3 Å². The van der Waals surface area contributed by atoms with Gasteiger partial charge in [-0.05, 0) is 32.4 Å². The number of rotatable bonds is 3. The lowest BCUT2D eigenvalue weighted by molar-refractivity contribution is 0.214. The summed E-state index contributed by atoms with van der Waals surface area (Å²) in [5.74, 6) is 1.33. The molecule has 18 heavy (non-hydrogen) atoms. The molecule has 96 valence electrons. The highest BCUT2D eigenvalue weighted by Crippen LogP contribution is 2.29. The normalized spacial score (nSPS) is 20.2. The monoisotopic (exact) mass is 263 g/mol. The number of thiophene rings is 1. The predicted octanol–water partition coefficient (Wildman–Crippen LogP) is 2.38. The van der Waals surface area contributed by atoms with Crippen LogP contribution in [0.5, 0.6) is 5.88 Å². The molecule has 1 aliphatic rings. The first-order valence-electron chi connectivity index (χ1n) is 6.37. The molecule has 5 heteroatoms. The number of ether oxygens (including phenoxy) is 1.